The third-order valence-corrected chi connectivity index (χ3v) is 3.76. The van der Waals surface area contributed by atoms with E-state index in [4.69, 9.17) is 28.0 Å². The van der Waals surface area contributed by atoms with E-state index in [9.17, 15) is 18.8 Å². The van der Waals surface area contributed by atoms with Crippen molar-refractivity contribution < 1.29 is 23.6 Å². The van der Waals surface area contributed by atoms with Crippen molar-refractivity contribution in [3.8, 4) is 0 Å². The zero-order valence-electron chi connectivity index (χ0n) is 11.2. The molecule has 1 heterocycles. The van der Waals surface area contributed by atoms with Crippen LogP contribution in [0.25, 0.3) is 0 Å². The quantitative estimate of drug-likeness (QED) is 0.612. The molecule has 1 aliphatic rings. The molecule has 1 aliphatic heterocycles. The van der Waals surface area contributed by atoms with Crippen molar-refractivity contribution in [2.45, 2.75) is 0 Å². The van der Waals surface area contributed by atoms with Gasteiger partial charge in [0, 0.05) is 0 Å². The monoisotopic (exact) mass is 353 g/mol. The van der Waals surface area contributed by atoms with E-state index in [2.05, 4.69) is 0 Å². The van der Waals surface area contributed by atoms with Crippen molar-refractivity contribution in [3.05, 3.63) is 69.0 Å². The summed E-state index contributed by atoms with van der Waals surface area (Å²) in [5, 5.41) is -0.124. The van der Waals surface area contributed by atoms with Crippen LogP contribution in [-0.2, 0) is 4.84 Å². The number of carbonyl (C=O) groups is 3. The summed E-state index contributed by atoms with van der Waals surface area (Å²) in [5.74, 6) is -3.61. The molecule has 0 spiro atoms. The van der Waals surface area contributed by atoms with Crippen LogP contribution in [0.2, 0.25) is 10.0 Å². The Labute approximate surface area is 139 Å². The second-order valence-electron chi connectivity index (χ2n) is 4.58. The molecule has 2 aromatic carbocycles. The van der Waals surface area contributed by atoms with E-state index in [1.165, 1.54) is 12.1 Å². The summed E-state index contributed by atoms with van der Waals surface area (Å²) in [6.07, 6.45) is 0. The largest absolute Gasteiger partial charge is 0.365 e. The lowest BCUT2D eigenvalue weighted by atomic mass is 10.1. The van der Waals surface area contributed by atoms with Gasteiger partial charge in [-0.25, -0.2) is 9.18 Å². The third kappa shape index (κ3) is 2.56. The summed E-state index contributed by atoms with van der Waals surface area (Å²) >= 11 is 11.3. The van der Waals surface area contributed by atoms with Crippen LogP contribution in [0.3, 0.4) is 0 Å². The molecule has 0 aromatic heterocycles. The Morgan fingerprint density at radius 2 is 1.57 bits per heavy atom. The van der Waals surface area contributed by atoms with Crippen LogP contribution >= 0.6 is 23.2 Å². The van der Waals surface area contributed by atoms with E-state index in [1.54, 1.807) is 12.1 Å². The molecule has 0 saturated carbocycles. The first kappa shape index (κ1) is 15.5. The van der Waals surface area contributed by atoms with Gasteiger partial charge in [-0.05, 0) is 24.3 Å². The highest BCUT2D eigenvalue weighted by atomic mass is 35.5. The van der Waals surface area contributed by atoms with E-state index in [0.29, 0.717) is 5.06 Å². The van der Waals surface area contributed by atoms with Crippen LogP contribution < -0.4 is 0 Å². The van der Waals surface area contributed by atoms with Crippen LogP contribution in [0, 0.1) is 5.82 Å². The van der Waals surface area contributed by atoms with Crippen LogP contribution in [0.4, 0.5) is 4.39 Å². The minimum atomic E-state index is -1.15. The van der Waals surface area contributed by atoms with Gasteiger partial charge in [0.15, 0.2) is 0 Å². The zero-order chi connectivity index (χ0) is 16.7. The fraction of sp³-hybridized carbons (Fsp3) is 0. The van der Waals surface area contributed by atoms with Crippen molar-refractivity contribution in [3.63, 3.8) is 0 Å². The lowest BCUT2D eigenvalue weighted by molar-refractivity contribution is -0.0584. The summed E-state index contributed by atoms with van der Waals surface area (Å²) in [4.78, 5) is 41.0. The molecule has 3 rings (SSSR count). The zero-order valence-corrected chi connectivity index (χ0v) is 12.7. The molecule has 0 N–H and O–H groups in total. The highest BCUT2D eigenvalue weighted by Crippen LogP contribution is 2.27. The number of amides is 2. The topological polar surface area (TPSA) is 63.7 Å². The van der Waals surface area contributed by atoms with Gasteiger partial charge in [-0.3, -0.25) is 9.59 Å². The Morgan fingerprint density at radius 3 is 2.13 bits per heavy atom. The molecule has 2 aromatic rings. The fourth-order valence-electron chi connectivity index (χ4n) is 2.06. The molecule has 2 amide bonds. The van der Waals surface area contributed by atoms with Crippen molar-refractivity contribution in [1.82, 2.24) is 5.06 Å². The number of halogens is 3. The molecule has 8 heteroatoms. The third-order valence-electron chi connectivity index (χ3n) is 3.16. The standard InChI is InChI=1S/C15H6Cl2FNO4/c16-10-6-11(17)12(18)5-9(10)15(22)23-19-13(20)7-3-1-2-4-8(7)14(19)21/h1-6H. The number of rotatable bonds is 2. The minimum absolute atomic E-state index is 0.110. The Bertz CT molecular complexity index is 834. The number of imide groups is 1. The SMILES string of the molecule is O=C(ON1C(=O)c2ccccc2C1=O)c1cc(F)c(Cl)cc1Cl. The van der Waals surface area contributed by atoms with E-state index in [1.807, 2.05) is 0 Å². The number of fused-ring (bicyclic) bond motifs is 1. The maximum atomic E-state index is 13.5. The first-order valence-corrected chi connectivity index (χ1v) is 7.00. The highest BCUT2D eigenvalue weighted by Gasteiger charge is 2.39. The van der Waals surface area contributed by atoms with E-state index in [0.717, 1.165) is 12.1 Å². The molecule has 116 valence electrons. The fourth-order valence-corrected chi connectivity index (χ4v) is 2.52. The van der Waals surface area contributed by atoms with Crippen LogP contribution in [-0.4, -0.2) is 22.8 Å². The van der Waals surface area contributed by atoms with Gasteiger partial charge in [0.2, 0.25) is 0 Å². The smallest absolute Gasteiger partial charge is 0.324 e. The van der Waals surface area contributed by atoms with Gasteiger partial charge in [-0.15, -0.1) is 0 Å². The molecule has 0 unspecified atom stereocenters. The molecule has 0 saturated heterocycles. The molecule has 0 fully saturated rings. The molecule has 0 atom stereocenters. The number of benzene rings is 2. The van der Waals surface area contributed by atoms with Crippen molar-refractivity contribution in [2.24, 2.45) is 0 Å². The predicted molar refractivity (Wildman–Crippen MR) is 78.8 cm³/mol. The van der Waals surface area contributed by atoms with Crippen molar-refractivity contribution in [1.29, 1.82) is 0 Å². The molecular weight excluding hydrogens is 348 g/mol. The summed E-state index contributed by atoms with van der Waals surface area (Å²) in [5.41, 5.74) is -0.137. The van der Waals surface area contributed by atoms with Gasteiger partial charge in [0.25, 0.3) is 11.8 Å². The number of nitrogens with zero attached hydrogens (tertiary/aromatic N) is 1. The number of hydroxylamine groups is 2. The first-order valence-electron chi connectivity index (χ1n) is 6.25. The predicted octanol–water partition coefficient (Wildman–Crippen LogP) is 3.50. The number of hydrogen-bond acceptors (Lipinski definition) is 4. The number of carbonyl (C=O) groups excluding carboxylic acids is 3. The van der Waals surface area contributed by atoms with E-state index in [-0.39, 0.29) is 26.7 Å². The maximum absolute atomic E-state index is 13.5. The average Bonchev–Trinajstić information content (AvgIpc) is 2.76. The second kappa shape index (κ2) is 5.64. The highest BCUT2D eigenvalue weighted by molar-refractivity contribution is 6.36. The molecule has 0 bridgehead atoms. The van der Waals surface area contributed by atoms with Gasteiger partial charge in [0.05, 0.1) is 26.7 Å². The van der Waals surface area contributed by atoms with Gasteiger partial charge in [-0.1, -0.05) is 40.4 Å². The van der Waals surface area contributed by atoms with E-state index >= 15 is 0 Å². The molecular formula is C15H6Cl2FNO4. The van der Waals surface area contributed by atoms with Gasteiger partial charge in [0.1, 0.15) is 5.82 Å². The molecule has 5 nitrogen and oxygen atoms in total. The molecule has 23 heavy (non-hydrogen) atoms. The molecule has 0 aliphatic carbocycles. The average molecular weight is 354 g/mol. The van der Waals surface area contributed by atoms with Crippen molar-refractivity contribution >= 4 is 41.0 Å². The Hall–Kier alpha value is -2.44. The normalized spacial score (nSPS) is 13.3. The molecule has 0 radical (unpaired) electrons. The summed E-state index contributed by atoms with van der Waals surface area (Å²) in [6.45, 7) is 0. The van der Waals surface area contributed by atoms with Crippen LogP contribution in [0.1, 0.15) is 31.1 Å². The summed E-state index contributed by atoms with van der Waals surface area (Å²) < 4.78 is 13.5. The first-order chi connectivity index (χ1) is 10.9. The van der Waals surface area contributed by atoms with Crippen LogP contribution in [0.15, 0.2) is 36.4 Å². The van der Waals surface area contributed by atoms with Gasteiger partial charge >= 0.3 is 5.97 Å². The summed E-state index contributed by atoms with van der Waals surface area (Å²) in [6, 6.07) is 7.79. The van der Waals surface area contributed by atoms with E-state index < -0.39 is 23.6 Å². The van der Waals surface area contributed by atoms with Gasteiger partial charge < -0.3 is 4.84 Å². The number of hydrogen-bond donors (Lipinski definition) is 0. The summed E-state index contributed by atoms with van der Waals surface area (Å²) in [7, 11) is 0. The Kier molecular flexibility index (Phi) is 3.79. The van der Waals surface area contributed by atoms with Crippen molar-refractivity contribution in [2.75, 3.05) is 0 Å². The lowest BCUT2D eigenvalue weighted by Gasteiger charge is -2.13. The maximum Gasteiger partial charge on any atom is 0.365 e. The second-order valence-corrected chi connectivity index (χ2v) is 5.39. The lowest BCUT2D eigenvalue weighted by Crippen LogP contribution is -2.32. The minimum Gasteiger partial charge on any atom is -0.324 e. The van der Waals surface area contributed by atoms with Gasteiger partial charge in [-0.2, -0.15) is 0 Å². The van der Waals surface area contributed by atoms with Crippen LogP contribution in [0.5, 0.6) is 0 Å². The Balaban J connectivity index is 1.89. The Morgan fingerprint density at radius 1 is 1.00 bits per heavy atom.